The van der Waals surface area contributed by atoms with E-state index in [1.54, 1.807) is 72.8 Å². The molecule has 150 valence electrons. The molecule has 4 nitrogen and oxygen atoms in total. The maximum atomic E-state index is 13.1. The number of Topliss-reactive ketones (excluding diaryl/α,β-unsaturated/α-hetero) is 1. The monoisotopic (exact) mass is 437 g/mol. The summed E-state index contributed by atoms with van der Waals surface area (Å²) >= 11 is 12.7. The van der Waals surface area contributed by atoms with E-state index >= 15 is 0 Å². The highest BCUT2D eigenvalue weighted by atomic mass is 35.5. The lowest BCUT2D eigenvalue weighted by atomic mass is 9.95. The van der Waals surface area contributed by atoms with Gasteiger partial charge in [-0.25, -0.2) is 0 Å². The van der Waals surface area contributed by atoms with E-state index in [4.69, 9.17) is 23.2 Å². The van der Waals surface area contributed by atoms with Crippen molar-refractivity contribution >= 4 is 46.3 Å². The van der Waals surface area contributed by atoms with Crippen molar-refractivity contribution in [2.45, 2.75) is 13.0 Å². The number of carbonyl (C=O) groups is 2. The van der Waals surface area contributed by atoms with Gasteiger partial charge in [0.25, 0.3) is 11.7 Å². The van der Waals surface area contributed by atoms with Crippen LogP contribution in [0.25, 0.3) is 5.76 Å². The summed E-state index contributed by atoms with van der Waals surface area (Å²) in [5.41, 5.74) is 2.25. The van der Waals surface area contributed by atoms with Crippen LogP contribution in [0.15, 0.2) is 78.4 Å². The minimum atomic E-state index is -0.891. The molecule has 0 unspecified atom stereocenters. The zero-order chi connectivity index (χ0) is 21.4. The van der Waals surface area contributed by atoms with Gasteiger partial charge < -0.3 is 5.11 Å². The first-order valence-corrected chi connectivity index (χ1v) is 10.0. The molecule has 0 radical (unpaired) electrons. The highest BCUT2D eigenvalue weighted by Gasteiger charge is 2.47. The normalized spacial score (nSPS) is 18.1. The number of anilines is 1. The van der Waals surface area contributed by atoms with Crippen LogP contribution in [0.5, 0.6) is 0 Å². The molecule has 1 atom stereocenters. The summed E-state index contributed by atoms with van der Waals surface area (Å²) in [7, 11) is 0. The molecule has 1 heterocycles. The van der Waals surface area contributed by atoms with E-state index in [2.05, 4.69) is 0 Å². The average molecular weight is 438 g/mol. The molecule has 0 spiro atoms. The second kappa shape index (κ2) is 7.98. The summed E-state index contributed by atoms with van der Waals surface area (Å²) in [6, 6.07) is 19.8. The fraction of sp³-hybridized carbons (Fsp3) is 0.0833. The Labute approximate surface area is 184 Å². The first-order valence-electron chi connectivity index (χ1n) is 9.27. The third kappa shape index (κ3) is 3.38. The van der Waals surface area contributed by atoms with Crippen molar-refractivity contribution < 1.29 is 14.7 Å². The molecule has 1 aliphatic rings. The number of halogens is 2. The highest BCUT2D eigenvalue weighted by Crippen LogP contribution is 2.44. The van der Waals surface area contributed by atoms with Crippen molar-refractivity contribution in [2.24, 2.45) is 0 Å². The first kappa shape index (κ1) is 20.2. The van der Waals surface area contributed by atoms with Crippen LogP contribution in [0.3, 0.4) is 0 Å². The van der Waals surface area contributed by atoms with Gasteiger partial charge in [-0.05, 0) is 36.2 Å². The predicted molar refractivity (Wildman–Crippen MR) is 119 cm³/mol. The SMILES string of the molecule is Cc1ccc(N2C(=O)C(=O)C(=C(O)c3ccccc3)[C@H]2c2ccccc2Cl)cc1Cl. The average Bonchev–Trinajstić information content (AvgIpc) is 3.01. The van der Waals surface area contributed by atoms with E-state index < -0.39 is 17.7 Å². The Morgan fingerprint density at radius 2 is 1.57 bits per heavy atom. The minimum absolute atomic E-state index is 0.0176. The van der Waals surface area contributed by atoms with E-state index in [1.807, 2.05) is 6.92 Å². The molecule has 1 aliphatic heterocycles. The van der Waals surface area contributed by atoms with E-state index in [0.717, 1.165) is 5.56 Å². The predicted octanol–water partition coefficient (Wildman–Crippen LogP) is 5.93. The zero-order valence-corrected chi connectivity index (χ0v) is 17.5. The van der Waals surface area contributed by atoms with Crippen molar-refractivity contribution in [3.8, 4) is 0 Å². The van der Waals surface area contributed by atoms with Crippen molar-refractivity contribution in [3.05, 3.63) is 105 Å². The Balaban J connectivity index is 1.99. The quantitative estimate of drug-likeness (QED) is 0.313. The van der Waals surface area contributed by atoms with Gasteiger partial charge in [-0.1, -0.05) is 77.8 Å². The molecule has 0 aromatic heterocycles. The number of aryl methyl sites for hydroxylation is 1. The van der Waals surface area contributed by atoms with Gasteiger partial charge in [-0.15, -0.1) is 0 Å². The van der Waals surface area contributed by atoms with Crippen LogP contribution in [0.4, 0.5) is 5.69 Å². The van der Waals surface area contributed by atoms with E-state index in [-0.39, 0.29) is 11.3 Å². The van der Waals surface area contributed by atoms with Gasteiger partial charge in [0, 0.05) is 21.3 Å². The van der Waals surface area contributed by atoms with Crippen LogP contribution in [-0.4, -0.2) is 16.8 Å². The lowest BCUT2D eigenvalue weighted by Gasteiger charge is -2.26. The number of carbonyl (C=O) groups excluding carboxylic acids is 2. The molecule has 1 N–H and O–H groups in total. The Kier molecular flexibility index (Phi) is 5.37. The molecule has 30 heavy (non-hydrogen) atoms. The highest BCUT2D eigenvalue weighted by molar-refractivity contribution is 6.52. The van der Waals surface area contributed by atoms with Gasteiger partial charge in [0.1, 0.15) is 5.76 Å². The van der Waals surface area contributed by atoms with Gasteiger partial charge in [0.05, 0.1) is 11.6 Å². The fourth-order valence-corrected chi connectivity index (χ4v) is 3.99. The molecule has 1 amide bonds. The first-order chi connectivity index (χ1) is 14.4. The van der Waals surface area contributed by atoms with Crippen LogP contribution in [0.2, 0.25) is 10.0 Å². The number of hydrogen-bond acceptors (Lipinski definition) is 3. The van der Waals surface area contributed by atoms with Crippen LogP contribution < -0.4 is 4.90 Å². The summed E-state index contributed by atoms with van der Waals surface area (Å²) < 4.78 is 0. The smallest absolute Gasteiger partial charge is 0.300 e. The standard InChI is InChI=1S/C24H17Cl2NO3/c1-14-11-12-16(13-19(14)26)27-21(17-9-5-6-10-18(17)25)20(23(29)24(27)30)22(28)15-7-3-2-4-8-15/h2-13,21,28H,1H3/t21-/m1/s1. The van der Waals surface area contributed by atoms with Gasteiger partial charge in [-0.3, -0.25) is 14.5 Å². The van der Waals surface area contributed by atoms with Crippen LogP contribution in [-0.2, 0) is 9.59 Å². The number of ketones is 1. The molecular formula is C24H17Cl2NO3. The lowest BCUT2D eigenvalue weighted by Crippen LogP contribution is -2.29. The van der Waals surface area contributed by atoms with Gasteiger partial charge in [-0.2, -0.15) is 0 Å². The van der Waals surface area contributed by atoms with Crippen molar-refractivity contribution in [2.75, 3.05) is 4.90 Å². The van der Waals surface area contributed by atoms with Crippen molar-refractivity contribution in [3.63, 3.8) is 0 Å². The number of hydrogen-bond donors (Lipinski definition) is 1. The summed E-state index contributed by atoms with van der Waals surface area (Å²) in [6.45, 7) is 1.85. The van der Waals surface area contributed by atoms with Crippen LogP contribution >= 0.6 is 23.2 Å². The fourth-order valence-electron chi connectivity index (χ4n) is 3.57. The Morgan fingerprint density at radius 1 is 0.900 bits per heavy atom. The van der Waals surface area contributed by atoms with Gasteiger partial charge >= 0.3 is 0 Å². The summed E-state index contributed by atoms with van der Waals surface area (Å²) in [5.74, 6) is -1.78. The molecule has 1 saturated heterocycles. The van der Waals surface area contributed by atoms with Crippen molar-refractivity contribution in [1.29, 1.82) is 0 Å². The third-order valence-electron chi connectivity index (χ3n) is 5.13. The van der Waals surface area contributed by atoms with Gasteiger partial charge in [0.15, 0.2) is 0 Å². The molecule has 6 heteroatoms. The van der Waals surface area contributed by atoms with Gasteiger partial charge in [0.2, 0.25) is 0 Å². The molecule has 3 aromatic rings. The molecular weight excluding hydrogens is 421 g/mol. The second-order valence-electron chi connectivity index (χ2n) is 6.99. The zero-order valence-electron chi connectivity index (χ0n) is 16.0. The second-order valence-corrected chi connectivity index (χ2v) is 7.80. The van der Waals surface area contributed by atoms with Crippen LogP contribution in [0, 0.1) is 6.92 Å². The molecule has 4 rings (SSSR count). The molecule has 0 saturated carbocycles. The number of benzene rings is 3. The largest absolute Gasteiger partial charge is 0.507 e. The number of amides is 1. The summed E-state index contributed by atoms with van der Waals surface area (Å²) in [5, 5.41) is 11.9. The maximum absolute atomic E-state index is 13.1. The third-order valence-corrected chi connectivity index (χ3v) is 5.88. The molecule has 3 aromatic carbocycles. The number of aliphatic hydroxyl groups excluding tert-OH is 1. The van der Waals surface area contributed by atoms with E-state index in [0.29, 0.717) is 26.9 Å². The molecule has 0 aliphatic carbocycles. The van der Waals surface area contributed by atoms with Crippen molar-refractivity contribution in [1.82, 2.24) is 0 Å². The maximum Gasteiger partial charge on any atom is 0.300 e. The Morgan fingerprint density at radius 3 is 2.23 bits per heavy atom. The summed E-state index contributed by atoms with van der Waals surface area (Å²) in [6.07, 6.45) is 0. The molecule has 0 bridgehead atoms. The summed E-state index contributed by atoms with van der Waals surface area (Å²) in [4.78, 5) is 27.5. The Bertz CT molecular complexity index is 1190. The molecule has 1 fully saturated rings. The topological polar surface area (TPSA) is 57.6 Å². The Hall–Kier alpha value is -3.08. The number of rotatable bonds is 3. The number of aliphatic hydroxyl groups is 1. The lowest BCUT2D eigenvalue weighted by molar-refractivity contribution is -0.132. The number of nitrogens with zero attached hydrogens (tertiary/aromatic N) is 1. The van der Waals surface area contributed by atoms with E-state index in [9.17, 15) is 14.7 Å². The van der Waals surface area contributed by atoms with E-state index in [1.165, 1.54) is 4.90 Å². The minimum Gasteiger partial charge on any atom is -0.507 e. The van der Waals surface area contributed by atoms with Crippen LogP contribution in [0.1, 0.15) is 22.7 Å².